The van der Waals surface area contributed by atoms with Gasteiger partial charge in [-0.2, -0.15) is 0 Å². The highest BCUT2D eigenvalue weighted by atomic mass is 32.1. The SMILES string of the molecule is CCc1ccc(C(=O)NC2CCN(C)CC2)s1. The van der Waals surface area contributed by atoms with Crippen LogP contribution in [0.4, 0.5) is 0 Å². The van der Waals surface area contributed by atoms with Crippen LogP contribution in [-0.2, 0) is 6.42 Å². The third kappa shape index (κ3) is 3.30. The minimum Gasteiger partial charge on any atom is -0.349 e. The Hall–Kier alpha value is -0.870. The van der Waals surface area contributed by atoms with Crippen molar-refractivity contribution in [1.29, 1.82) is 0 Å². The van der Waals surface area contributed by atoms with Gasteiger partial charge < -0.3 is 10.2 Å². The van der Waals surface area contributed by atoms with Gasteiger partial charge in [-0.05, 0) is 51.5 Å². The molecule has 0 aliphatic carbocycles. The predicted octanol–water partition coefficient (Wildman–Crippen LogP) is 2.13. The van der Waals surface area contributed by atoms with Crippen molar-refractivity contribution < 1.29 is 4.79 Å². The second-order valence-electron chi connectivity index (χ2n) is 4.67. The van der Waals surface area contributed by atoms with Crippen molar-refractivity contribution in [2.75, 3.05) is 20.1 Å². The average Bonchev–Trinajstić information content (AvgIpc) is 2.81. The molecule has 1 aromatic rings. The van der Waals surface area contributed by atoms with Crippen molar-refractivity contribution in [2.24, 2.45) is 0 Å². The van der Waals surface area contributed by atoms with Crippen molar-refractivity contribution in [3.8, 4) is 0 Å². The number of carbonyl (C=O) groups excluding carboxylic acids is 1. The van der Waals surface area contributed by atoms with Crippen molar-refractivity contribution in [1.82, 2.24) is 10.2 Å². The maximum atomic E-state index is 12.0. The van der Waals surface area contributed by atoms with Crippen molar-refractivity contribution in [3.05, 3.63) is 21.9 Å². The molecule has 0 bridgehead atoms. The van der Waals surface area contributed by atoms with Gasteiger partial charge in [-0.3, -0.25) is 4.79 Å². The molecule has 0 spiro atoms. The Morgan fingerprint density at radius 2 is 2.18 bits per heavy atom. The van der Waals surface area contributed by atoms with Crippen LogP contribution in [0.15, 0.2) is 12.1 Å². The van der Waals surface area contributed by atoms with Crippen LogP contribution in [0.1, 0.15) is 34.3 Å². The number of hydrogen-bond donors (Lipinski definition) is 1. The molecule has 4 heteroatoms. The molecule has 0 aromatic carbocycles. The van der Waals surface area contributed by atoms with E-state index in [4.69, 9.17) is 0 Å². The molecule has 1 amide bonds. The largest absolute Gasteiger partial charge is 0.349 e. The summed E-state index contributed by atoms with van der Waals surface area (Å²) in [7, 11) is 2.13. The molecule has 3 nitrogen and oxygen atoms in total. The molecule has 0 radical (unpaired) electrons. The van der Waals surface area contributed by atoms with Gasteiger partial charge in [-0.25, -0.2) is 0 Å². The van der Waals surface area contributed by atoms with E-state index in [-0.39, 0.29) is 5.91 Å². The van der Waals surface area contributed by atoms with Gasteiger partial charge >= 0.3 is 0 Å². The summed E-state index contributed by atoms with van der Waals surface area (Å²) in [4.78, 5) is 16.4. The number of aryl methyl sites for hydroxylation is 1. The summed E-state index contributed by atoms with van der Waals surface area (Å²) in [6.45, 7) is 4.27. The molecule has 17 heavy (non-hydrogen) atoms. The lowest BCUT2D eigenvalue weighted by Gasteiger charge is -2.29. The van der Waals surface area contributed by atoms with Gasteiger partial charge in [0.05, 0.1) is 4.88 Å². The van der Waals surface area contributed by atoms with E-state index in [0.717, 1.165) is 37.2 Å². The van der Waals surface area contributed by atoms with Crippen LogP contribution in [0.5, 0.6) is 0 Å². The van der Waals surface area contributed by atoms with Crippen LogP contribution in [0.3, 0.4) is 0 Å². The van der Waals surface area contributed by atoms with E-state index >= 15 is 0 Å². The van der Waals surface area contributed by atoms with Gasteiger partial charge in [-0.1, -0.05) is 6.92 Å². The predicted molar refractivity (Wildman–Crippen MR) is 71.7 cm³/mol. The van der Waals surface area contributed by atoms with E-state index in [0.29, 0.717) is 6.04 Å². The molecule has 1 aliphatic rings. The van der Waals surface area contributed by atoms with E-state index in [1.165, 1.54) is 4.88 Å². The number of nitrogens with one attached hydrogen (secondary N) is 1. The van der Waals surface area contributed by atoms with Crippen LogP contribution in [0.2, 0.25) is 0 Å². The molecule has 1 N–H and O–H groups in total. The summed E-state index contributed by atoms with van der Waals surface area (Å²) < 4.78 is 0. The van der Waals surface area contributed by atoms with Crippen LogP contribution < -0.4 is 5.32 Å². The number of amides is 1. The van der Waals surface area contributed by atoms with E-state index in [1.807, 2.05) is 12.1 Å². The van der Waals surface area contributed by atoms with Crippen LogP contribution in [0, 0.1) is 0 Å². The summed E-state index contributed by atoms with van der Waals surface area (Å²) in [5.41, 5.74) is 0. The van der Waals surface area contributed by atoms with Gasteiger partial charge in [0.25, 0.3) is 5.91 Å². The third-order valence-electron chi connectivity index (χ3n) is 3.29. The molecule has 0 atom stereocenters. The smallest absolute Gasteiger partial charge is 0.261 e. The topological polar surface area (TPSA) is 32.3 Å². The Morgan fingerprint density at radius 3 is 2.76 bits per heavy atom. The Labute approximate surface area is 107 Å². The van der Waals surface area contributed by atoms with Crippen LogP contribution in [-0.4, -0.2) is 37.0 Å². The lowest BCUT2D eigenvalue weighted by atomic mass is 10.1. The molecule has 2 rings (SSSR count). The molecule has 1 fully saturated rings. The Bertz CT molecular complexity index is 381. The maximum Gasteiger partial charge on any atom is 0.261 e. The lowest BCUT2D eigenvalue weighted by molar-refractivity contribution is 0.0921. The summed E-state index contributed by atoms with van der Waals surface area (Å²) in [5, 5.41) is 3.14. The third-order valence-corrected chi connectivity index (χ3v) is 4.52. The fourth-order valence-electron chi connectivity index (χ4n) is 2.10. The van der Waals surface area contributed by atoms with Crippen molar-refractivity contribution in [2.45, 2.75) is 32.2 Å². The minimum atomic E-state index is 0.101. The zero-order chi connectivity index (χ0) is 12.3. The normalized spacial score (nSPS) is 18.2. The zero-order valence-electron chi connectivity index (χ0n) is 10.5. The Morgan fingerprint density at radius 1 is 1.47 bits per heavy atom. The van der Waals surface area contributed by atoms with E-state index in [1.54, 1.807) is 11.3 Å². The molecular formula is C13H20N2OS. The highest BCUT2D eigenvalue weighted by Gasteiger charge is 2.19. The maximum absolute atomic E-state index is 12.0. The van der Waals surface area contributed by atoms with Crippen LogP contribution >= 0.6 is 11.3 Å². The summed E-state index contributed by atoms with van der Waals surface area (Å²) in [6, 6.07) is 4.34. The number of nitrogens with zero attached hydrogens (tertiary/aromatic N) is 1. The fraction of sp³-hybridized carbons (Fsp3) is 0.615. The highest BCUT2D eigenvalue weighted by molar-refractivity contribution is 7.14. The van der Waals surface area contributed by atoms with Gasteiger partial charge in [0, 0.05) is 10.9 Å². The number of thiophene rings is 1. The summed E-state index contributed by atoms with van der Waals surface area (Å²) in [5.74, 6) is 0.101. The van der Waals surface area contributed by atoms with Crippen LogP contribution in [0.25, 0.3) is 0 Å². The molecule has 94 valence electrons. The second-order valence-corrected chi connectivity index (χ2v) is 5.84. The standard InChI is InChI=1S/C13H20N2OS/c1-3-11-4-5-12(17-11)13(16)14-10-6-8-15(2)9-7-10/h4-5,10H,3,6-9H2,1-2H3,(H,14,16). The average molecular weight is 252 g/mol. The zero-order valence-corrected chi connectivity index (χ0v) is 11.3. The molecule has 1 saturated heterocycles. The second kappa shape index (κ2) is 5.65. The van der Waals surface area contributed by atoms with E-state index in [9.17, 15) is 4.79 Å². The summed E-state index contributed by atoms with van der Waals surface area (Å²) >= 11 is 1.61. The van der Waals surface area contributed by atoms with Crippen molar-refractivity contribution in [3.63, 3.8) is 0 Å². The molecular weight excluding hydrogens is 232 g/mol. The molecule has 0 unspecified atom stereocenters. The number of hydrogen-bond acceptors (Lipinski definition) is 3. The first kappa shape index (κ1) is 12.6. The number of carbonyl (C=O) groups is 1. The van der Waals surface area contributed by atoms with Gasteiger partial charge in [0.1, 0.15) is 0 Å². The van der Waals surface area contributed by atoms with Gasteiger partial charge in [0.2, 0.25) is 0 Å². The van der Waals surface area contributed by atoms with Gasteiger partial charge in [-0.15, -0.1) is 11.3 Å². The molecule has 1 aliphatic heterocycles. The quantitative estimate of drug-likeness (QED) is 0.894. The highest BCUT2D eigenvalue weighted by Crippen LogP contribution is 2.17. The fourth-order valence-corrected chi connectivity index (χ4v) is 2.95. The first-order valence-electron chi connectivity index (χ1n) is 6.27. The van der Waals surface area contributed by atoms with E-state index < -0.39 is 0 Å². The summed E-state index contributed by atoms with van der Waals surface area (Å²) in [6.07, 6.45) is 3.13. The van der Waals surface area contributed by atoms with Crippen molar-refractivity contribution >= 4 is 17.2 Å². The monoisotopic (exact) mass is 252 g/mol. The Kier molecular flexibility index (Phi) is 4.18. The molecule has 1 aromatic heterocycles. The van der Waals surface area contributed by atoms with E-state index in [2.05, 4.69) is 24.2 Å². The number of likely N-dealkylation sites (tertiary alicyclic amines) is 1. The lowest BCUT2D eigenvalue weighted by Crippen LogP contribution is -2.43. The molecule has 0 saturated carbocycles. The Balaban J connectivity index is 1.88. The number of rotatable bonds is 3. The number of piperidine rings is 1. The first-order chi connectivity index (χ1) is 8.19. The van der Waals surface area contributed by atoms with Gasteiger partial charge in [0.15, 0.2) is 0 Å². The first-order valence-corrected chi connectivity index (χ1v) is 7.09. The minimum absolute atomic E-state index is 0.101. The molecule has 2 heterocycles.